The molecule has 1 heterocycles. The van der Waals surface area contributed by atoms with Crippen LogP contribution in [-0.2, 0) is 22.4 Å². The third-order valence-corrected chi connectivity index (χ3v) is 6.91. The van der Waals surface area contributed by atoms with Crippen LogP contribution in [-0.4, -0.2) is 29.9 Å². The Morgan fingerprint density at radius 3 is 2.73 bits per heavy atom. The first kappa shape index (κ1) is 22.2. The fraction of sp³-hybridized carbons (Fsp3) is 0.409. The largest absolute Gasteiger partial charge is 0.492 e. The van der Waals surface area contributed by atoms with Crippen molar-refractivity contribution in [2.45, 2.75) is 33.1 Å². The van der Waals surface area contributed by atoms with E-state index >= 15 is 0 Å². The van der Waals surface area contributed by atoms with Crippen LogP contribution in [0.1, 0.15) is 36.3 Å². The zero-order valence-electron chi connectivity index (χ0n) is 17.1. The summed E-state index contributed by atoms with van der Waals surface area (Å²) in [7, 11) is 0. The van der Waals surface area contributed by atoms with Gasteiger partial charge in [0.25, 0.3) is 0 Å². The van der Waals surface area contributed by atoms with E-state index in [0.29, 0.717) is 34.5 Å². The topological polar surface area (TPSA) is 91.2 Å². The number of nitriles is 1. The molecule has 0 saturated heterocycles. The van der Waals surface area contributed by atoms with Gasteiger partial charge in [-0.1, -0.05) is 19.1 Å². The smallest absolute Gasteiger partial charge is 0.235 e. The molecule has 0 saturated carbocycles. The molecular weight excluding hydrogens is 418 g/mol. The summed E-state index contributed by atoms with van der Waals surface area (Å²) in [5.41, 5.74) is 2.31. The Kier molecular flexibility index (Phi) is 7.77. The summed E-state index contributed by atoms with van der Waals surface area (Å²) in [5, 5.41) is 15.8. The number of nitrogens with one attached hydrogen (secondary N) is 2. The van der Waals surface area contributed by atoms with Gasteiger partial charge in [0.05, 0.1) is 29.4 Å². The van der Waals surface area contributed by atoms with E-state index < -0.39 is 0 Å². The summed E-state index contributed by atoms with van der Waals surface area (Å²) >= 11 is 2.74. The van der Waals surface area contributed by atoms with Gasteiger partial charge in [-0.05, 0) is 49.8 Å². The summed E-state index contributed by atoms with van der Waals surface area (Å²) in [6, 6.07) is 9.51. The van der Waals surface area contributed by atoms with Crippen molar-refractivity contribution in [1.29, 1.82) is 5.26 Å². The second-order valence-electron chi connectivity index (χ2n) is 7.19. The number of carbonyl (C=O) groups excluding carboxylic acids is 2. The average molecular weight is 444 g/mol. The zero-order valence-corrected chi connectivity index (χ0v) is 18.8. The quantitative estimate of drug-likeness (QED) is 0.629. The highest BCUT2D eigenvalue weighted by atomic mass is 32.2. The number of ether oxygens (including phenoxy) is 1. The highest BCUT2D eigenvalue weighted by Gasteiger charge is 2.24. The Balaban J connectivity index is 1.50. The minimum atomic E-state index is -0.203. The van der Waals surface area contributed by atoms with Crippen molar-refractivity contribution in [2.75, 3.05) is 28.7 Å². The minimum Gasteiger partial charge on any atom is -0.492 e. The SMILES string of the molecule is CCOc1ccccc1NC(=O)CSCC(=O)Nc1sc2c(c1C#N)CCC(C)C2. The highest BCUT2D eigenvalue weighted by molar-refractivity contribution is 8.00. The number of amides is 2. The van der Waals surface area contributed by atoms with Crippen molar-refractivity contribution in [3.05, 3.63) is 40.3 Å². The number of thioether (sulfide) groups is 1. The van der Waals surface area contributed by atoms with Crippen LogP contribution in [0.15, 0.2) is 24.3 Å². The number of para-hydroxylation sites is 2. The molecule has 2 N–H and O–H groups in total. The van der Waals surface area contributed by atoms with Gasteiger partial charge in [-0.2, -0.15) is 5.26 Å². The summed E-state index contributed by atoms with van der Waals surface area (Å²) in [6.45, 7) is 4.61. The second kappa shape index (κ2) is 10.5. The maximum atomic E-state index is 12.4. The van der Waals surface area contributed by atoms with Gasteiger partial charge in [-0.25, -0.2) is 0 Å². The Hall–Kier alpha value is -2.50. The molecule has 30 heavy (non-hydrogen) atoms. The van der Waals surface area contributed by atoms with Crippen molar-refractivity contribution in [3.63, 3.8) is 0 Å². The van der Waals surface area contributed by atoms with Crippen molar-refractivity contribution in [3.8, 4) is 11.8 Å². The molecule has 2 amide bonds. The average Bonchev–Trinajstić information content (AvgIpc) is 3.05. The highest BCUT2D eigenvalue weighted by Crippen LogP contribution is 2.39. The molecule has 1 aliphatic carbocycles. The predicted octanol–water partition coefficient (Wildman–Crippen LogP) is 4.45. The van der Waals surface area contributed by atoms with Gasteiger partial charge in [0.1, 0.15) is 16.8 Å². The summed E-state index contributed by atoms with van der Waals surface area (Å²) in [5.74, 6) is 1.12. The van der Waals surface area contributed by atoms with Gasteiger partial charge in [-0.3, -0.25) is 9.59 Å². The molecular formula is C22H25N3O3S2. The normalized spacial score (nSPS) is 15.0. The summed E-state index contributed by atoms with van der Waals surface area (Å²) < 4.78 is 5.50. The number of fused-ring (bicyclic) bond motifs is 1. The molecule has 0 spiro atoms. The van der Waals surface area contributed by atoms with E-state index in [2.05, 4.69) is 23.6 Å². The minimum absolute atomic E-state index is 0.143. The third kappa shape index (κ3) is 5.55. The van der Waals surface area contributed by atoms with Crippen LogP contribution >= 0.6 is 23.1 Å². The van der Waals surface area contributed by atoms with Crippen LogP contribution in [0.25, 0.3) is 0 Å². The molecule has 1 unspecified atom stereocenters. The number of anilines is 2. The first-order valence-corrected chi connectivity index (χ1v) is 11.9. The monoisotopic (exact) mass is 443 g/mol. The van der Waals surface area contributed by atoms with Crippen molar-refractivity contribution < 1.29 is 14.3 Å². The van der Waals surface area contributed by atoms with Gasteiger partial charge >= 0.3 is 0 Å². The summed E-state index contributed by atoms with van der Waals surface area (Å²) in [4.78, 5) is 25.8. The molecule has 1 atom stereocenters. The molecule has 1 aromatic heterocycles. The maximum Gasteiger partial charge on any atom is 0.235 e. The molecule has 0 fully saturated rings. The lowest BCUT2D eigenvalue weighted by molar-refractivity contribution is -0.114. The van der Waals surface area contributed by atoms with Gasteiger partial charge in [0.2, 0.25) is 11.8 Å². The van der Waals surface area contributed by atoms with Gasteiger partial charge in [0, 0.05) is 4.88 Å². The third-order valence-electron chi connectivity index (χ3n) is 4.80. The van der Waals surface area contributed by atoms with E-state index in [0.717, 1.165) is 24.8 Å². The molecule has 6 nitrogen and oxygen atoms in total. The van der Waals surface area contributed by atoms with Crippen molar-refractivity contribution >= 4 is 45.6 Å². The van der Waals surface area contributed by atoms with Gasteiger partial charge < -0.3 is 15.4 Å². The van der Waals surface area contributed by atoms with Crippen LogP contribution in [0.2, 0.25) is 0 Å². The molecule has 8 heteroatoms. The fourth-order valence-corrected chi connectivity index (χ4v) is 5.39. The standard InChI is InChI=1S/C22H25N3O3S2/c1-3-28-18-7-5-4-6-17(18)24-20(26)12-29-13-21(27)25-22-16(11-23)15-9-8-14(2)10-19(15)30-22/h4-7,14H,3,8-10,12-13H2,1-2H3,(H,24,26)(H,25,27). The van der Waals surface area contributed by atoms with Crippen LogP contribution in [0.4, 0.5) is 10.7 Å². The Labute approximate surface area is 185 Å². The molecule has 0 bridgehead atoms. The van der Waals surface area contributed by atoms with Crippen LogP contribution in [0, 0.1) is 17.2 Å². The number of benzene rings is 1. The number of nitrogens with zero attached hydrogens (tertiary/aromatic N) is 1. The molecule has 1 aromatic carbocycles. The lowest BCUT2D eigenvalue weighted by Gasteiger charge is -2.17. The molecule has 158 valence electrons. The molecule has 0 aliphatic heterocycles. The van der Waals surface area contributed by atoms with E-state index in [9.17, 15) is 14.9 Å². The first-order chi connectivity index (χ1) is 14.5. The number of hydrogen-bond donors (Lipinski definition) is 2. The Morgan fingerprint density at radius 2 is 2.00 bits per heavy atom. The zero-order chi connectivity index (χ0) is 21.5. The predicted molar refractivity (Wildman–Crippen MR) is 122 cm³/mol. The number of hydrogen-bond acceptors (Lipinski definition) is 6. The van der Waals surface area contributed by atoms with E-state index in [4.69, 9.17) is 4.74 Å². The molecule has 3 rings (SSSR count). The molecule has 0 radical (unpaired) electrons. The fourth-order valence-electron chi connectivity index (χ4n) is 3.39. The molecule has 2 aromatic rings. The lowest BCUT2D eigenvalue weighted by Crippen LogP contribution is -2.18. The maximum absolute atomic E-state index is 12.4. The lowest BCUT2D eigenvalue weighted by atomic mass is 9.89. The van der Waals surface area contributed by atoms with Crippen LogP contribution in [0.5, 0.6) is 5.75 Å². The number of carbonyl (C=O) groups is 2. The van der Waals surface area contributed by atoms with E-state index in [1.165, 1.54) is 28.0 Å². The Bertz CT molecular complexity index is 965. The second-order valence-corrected chi connectivity index (χ2v) is 9.28. The van der Waals surface area contributed by atoms with Crippen LogP contribution < -0.4 is 15.4 Å². The van der Waals surface area contributed by atoms with E-state index in [1.807, 2.05) is 19.1 Å². The van der Waals surface area contributed by atoms with E-state index in [1.54, 1.807) is 12.1 Å². The van der Waals surface area contributed by atoms with E-state index in [-0.39, 0.29) is 23.3 Å². The van der Waals surface area contributed by atoms with Crippen molar-refractivity contribution in [2.24, 2.45) is 5.92 Å². The van der Waals surface area contributed by atoms with Gasteiger partial charge in [0.15, 0.2) is 0 Å². The summed E-state index contributed by atoms with van der Waals surface area (Å²) in [6.07, 6.45) is 2.93. The van der Waals surface area contributed by atoms with Crippen LogP contribution in [0.3, 0.4) is 0 Å². The number of thiophene rings is 1. The number of rotatable bonds is 8. The Morgan fingerprint density at radius 1 is 1.27 bits per heavy atom. The first-order valence-electron chi connectivity index (χ1n) is 9.95. The molecule has 1 aliphatic rings. The van der Waals surface area contributed by atoms with Gasteiger partial charge in [-0.15, -0.1) is 23.1 Å². The van der Waals surface area contributed by atoms with Crippen molar-refractivity contribution in [1.82, 2.24) is 0 Å².